The third-order valence-corrected chi connectivity index (χ3v) is 4.64. The van der Waals surface area contributed by atoms with Crippen LogP contribution in [0.1, 0.15) is 49.3 Å². The van der Waals surface area contributed by atoms with Crippen LogP contribution in [-0.2, 0) is 11.2 Å². The molecule has 1 aromatic carbocycles. The van der Waals surface area contributed by atoms with Crippen molar-refractivity contribution in [3.05, 3.63) is 29.3 Å². The molecular formula is C17H25NO2. The highest BCUT2D eigenvalue weighted by molar-refractivity contribution is 5.58. The van der Waals surface area contributed by atoms with Crippen LogP contribution < -0.4 is 4.90 Å². The Balaban J connectivity index is 1.53. The normalized spacial score (nSPS) is 23.1. The van der Waals surface area contributed by atoms with Crippen molar-refractivity contribution in [2.24, 2.45) is 0 Å². The van der Waals surface area contributed by atoms with Gasteiger partial charge in [-0.05, 0) is 55.7 Å². The van der Waals surface area contributed by atoms with Crippen molar-refractivity contribution in [1.29, 1.82) is 0 Å². The van der Waals surface area contributed by atoms with Crippen LogP contribution in [0.3, 0.4) is 0 Å². The van der Waals surface area contributed by atoms with E-state index >= 15 is 0 Å². The Hall–Kier alpha value is -1.06. The Kier molecular flexibility index (Phi) is 4.27. The van der Waals surface area contributed by atoms with Gasteiger partial charge >= 0.3 is 0 Å². The molecule has 3 heteroatoms. The van der Waals surface area contributed by atoms with E-state index in [9.17, 15) is 5.11 Å². The van der Waals surface area contributed by atoms with Gasteiger partial charge in [0.1, 0.15) is 0 Å². The van der Waals surface area contributed by atoms with Crippen LogP contribution >= 0.6 is 0 Å². The second-order valence-electron chi connectivity index (χ2n) is 6.14. The van der Waals surface area contributed by atoms with Crippen molar-refractivity contribution < 1.29 is 9.84 Å². The number of hydrogen-bond acceptors (Lipinski definition) is 3. The van der Waals surface area contributed by atoms with Gasteiger partial charge in [-0.15, -0.1) is 0 Å². The molecule has 1 saturated heterocycles. The summed E-state index contributed by atoms with van der Waals surface area (Å²) in [7, 11) is 2.13. The predicted molar refractivity (Wildman–Crippen MR) is 81.2 cm³/mol. The van der Waals surface area contributed by atoms with Crippen molar-refractivity contribution in [1.82, 2.24) is 0 Å². The minimum atomic E-state index is -0.326. The lowest BCUT2D eigenvalue weighted by Crippen LogP contribution is -2.12. The Bertz CT molecular complexity index is 454. The summed E-state index contributed by atoms with van der Waals surface area (Å²) in [6.45, 7) is 2.01. The van der Waals surface area contributed by atoms with E-state index in [2.05, 4.69) is 30.1 Å². The van der Waals surface area contributed by atoms with Gasteiger partial charge in [-0.2, -0.15) is 0 Å². The maximum atomic E-state index is 10.3. The quantitative estimate of drug-likeness (QED) is 0.896. The number of rotatable bonds is 5. The molecule has 20 heavy (non-hydrogen) atoms. The summed E-state index contributed by atoms with van der Waals surface area (Å²) in [5.41, 5.74) is 3.77. The zero-order valence-corrected chi connectivity index (χ0v) is 12.3. The third-order valence-electron chi connectivity index (χ3n) is 4.64. The summed E-state index contributed by atoms with van der Waals surface area (Å²) >= 11 is 0. The standard InChI is InChI=1S/C17H25NO2/c1-18-10-9-13-12-14(7-8-16(13)18)17(19)6-2-4-15-5-3-11-20-15/h7-8,12,15,17,19H,2-6,9-11H2,1H3. The molecule has 0 amide bonds. The van der Waals surface area contributed by atoms with Crippen LogP contribution in [-0.4, -0.2) is 31.4 Å². The average molecular weight is 275 g/mol. The van der Waals surface area contributed by atoms with Crippen molar-refractivity contribution in [3.8, 4) is 0 Å². The van der Waals surface area contributed by atoms with Crippen LogP contribution in [0.25, 0.3) is 0 Å². The van der Waals surface area contributed by atoms with E-state index in [1.807, 2.05) is 0 Å². The molecule has 2 heterocycles. The molecule has 1 fully saturated rings. The van der Waals surface area contributed by atoms with Gasteiger partial charge in [0, 0.05) is 25.9 Å². The topological polar surface area (TPSA) is 32.7 Å². The van der Waals surface area contributed by atoms with Crippen molar-refractivity contribution in [2.45, 2.75) is 50.7 Å². The number of fused-ring (bicyclic) bond motifs is 1. The highest BCUT2D eigenvalue weighted by Gasteiger charge is 2.19. The second kappa shape index (κ2) is 6.15. The van der Waals surface area contributed by atoms with E-state index in [0.29, 0.717) is 6.10 Å². The lowest BCUT2D eigenvalue weighted by atomic mass is 9.99. The lowest BCUT2D eigenvalue weighted by molar-refractivity contribution is 0.0944. The van der Waals surface area contributed by atoms with Gasteiger partial charge in [0.05, 0.1) is 12.2 Å². The first-order valence-electron chi connectivity index (χ1n) is 7.87. The lowest BCUT2D eigenvalue weighted by Gasteiger charge is -2.16. The van der Waals surface area contributed by atoms with E-state index < -0.39 is 0 Å². The smallest absolute Gasteiger partial charge is 0.0790 e. The van der Waals surface area contributed by atoms with Crippen LogP contribution in [0.4, 0.5) is 5.69 Å². The maximum Gasteiger partial charge on any atom is 0.0790 e. The van der Waals surface area contributed by atoms with Gasteiger partial charge < -0.3 is 14.7 Å². The molecule has 2 unspecified atom stereocenters. The molecule has 2 aliphatic heterocycles. The molecule has 2 aliphatic rings. The Labute approximate surface area is 121 Å². The SMILES string of the molecule is CN1CCc2cc(C(O)CCCC3CCCO3)ccc21. The van der Waals surface area contributed by atoms with Crippen LogP contribution in [0.15, 0.2) is 18.2 Å². The number of aliphatic hydroxyl groups is 1. The fourth-order valence-corrected chi connectivity index (χ4v) is 3.37. The van der Waals surface area contributed by atoms with Crippen molar-refractivity contribution >= 4 is 5.69 Å². The van der Waals surface area contributed by atoms with Gasteiger partial charge in [0.15, 0.2) is 0 Å². The molecule has 0 aliphatic carbocycles. The number of likely N-dealkylation sites (N-methyl/N-ethyl adjacent to an activating group) is 1. The first-order valence-corrected chi connectivity index (χ1v) is 7.87. The monoisotopic (exact) mass is 275 g/mol. The Morgan fingerprint density at radius 2 is 2.35 bits per heavy atom. The fraction of sp³-hybridized carbons (Fsp3) is 0.647. The summed E-state index contributed by atoms with van der Waals surface area (Å²) in [6.07, 6.45) is 6.58. The fourth-order valence-electron chi connectivity index (χ4n) is 3.37. The molecule has 3 rings (SSSR count). The maximum absolute atomic E-state index is 10.3. The molecule has 0 radical (unpaired) electrons. The predicted octanol–water partition coefficient (Wildman–Crippen LogP) is 3.06. The third kappa shape index (κ3) is 2.99. The van der Waals surface area contributed by atoms with Crippen LogP contribution in [0.2, 0.25) is 0 Å². The molecule has 0 spiro atoms. The number of ether oxygens (including phenoxy) is 1. The summed E-state index contributed by atoms with van der Waals surface area (Å²) in [4.78, 5) is 2.28. The molecule has 110 valence electrons. The van der Waals surface area contributed by atoms with E-state index in [0.717, 1.165) is 44.4 Å². The summed E-state index contributed by atoms with van der Waals surface area (Å²) < 4.78 is 5.63. The van der Waals surface area contributed by atoms with Gasteiger partial charge in [-0.1, -0.05) is 12.1 Å². The van der Waals surface area contributed by atoms with Gasteiger partial charge in [0.2, 0.25) is 0 Å². The molecule has 2 atom stereocenters. The average Bonchev–Trinajstić information content (AvgIpc) is 3.09. The number of nitrogens with zero attached hydrogens (tertiary/aromatic N) is 1. The molecule has 1 aromatic rings. The molecule has 3 nitrogen and oxygen atoms in total. The first-order chi connectivity index (χ1) is 9.74. The van der Waals surface area contributed by atoms with Gasteiger partial charge in [-0.3, -0.25) is 0 Å². The van der Waals surface area contributed by atoms with Crippen LogP contribution in [0, 0.1) is 0 Å². The summed E-state index contributed by atoms with van der Waals surface area (Å²) in [6, 6.07) is 6.42. The zero-order chi connectivity index (χ0) is 13.9. The molecule has 0 aromatic heterocycles. The minimum absolute atomic E-state index is 0.326. The second-order valence-corrected chi connectivity index (χ2v) is 6.14. The van der Waals surface area contributed by atoms with E-state index in [-0.39, 0.29) is 6.10 Å². The highest BCUT2D eigenvalue weighted by atomic mass is 16.5. The number of benzene rings is 1. The molecule has 1 N–H and O–H groups in total. The Morgan fingerprint density at radius 3 is 3.15 bits per heavy atom. The highest BCUT2D eigenvalue weighted by Crippen LogP contribution is 2.31. The number of aliphatic hydroxyl groups excluding tert-OH is 1. The number of hydrogen-bond donors (Lipinski definition) is 1. The van der Waals surface area contributed by atoms with Gasteiger partial charge in [0.25, 0.3) is 0 Å². The van der Waals surface area contributed by atoms with E-state index in [1.165, 1.54) is 24.1 Å². The van der Waals surface area contributed by atoms with Gasteiger partial charge in [-0.25, -0.2) is 0 Å². The van der Waals surface area contributed by atoms with E-state index in [4.69, 9.17) is 4.74 Å². The van der Waals surface area contributed by atoms with E-state index in [1.54, 1.807) is 0 Å². The summed E-state index contributed by atoms with van der Waals surface area (Å²) in [5, 5.41) is 10.3. The van der Waals surface area contributed by atoms with Crippen molar-refractivity contribution in [2.75, 3.05) is 25.1 Å². The largest absolute Gasteiger partial charge is 0.388 e. The van der Waals surface area contributed by atoms with Crippen molar-refractivity contribution in [3.63, 3.8) is 0 Å². The zero-order valence-electron chi connectivity index (χ0n) is 12.3. The minimum Gasteiger partial charge on any atom is -0.388 e. The van der Waals surface area contributed by atoms with Crippen LogP contribution in [0.5, 0.6) is 0 Å². The molecule has 0 bridgehead atoms. The number of anilines is 1. The summed E-state index contributed by atoms with van der Waals surface area (Å²) in [5.74, 6) is 0. The Morgan fingerprint density at radius 1 is 1.45 bits per heavy atom. The molecule has 0 saturated carbocycles. The first kappa shape index (κ1) is 13.9. The molecular weight excluding hydrogens is 250 g/mol.